The second kappa shape index (κ2) is 10.6. The van der Waals surface area contributed by atoms with Gasteiger partial charge < -0.3 is 9.72 Å². The van der Waals surface area contributed by atoms with Crippen LogP contribution in [-0.2, 0) is 17.8 Å². The molecule has 1 saturated heterocycles. The van der Waals surface area contributed by atoms with Crippen molar-refractivity contribution in [3.63, 3.8) is 0 Å². The molecule has 1 aliphatic heterocycles. The molecule has 3 aromatic rings. The Morgan fingerprint density at radius 2 is 1.91 bits per heavy atom. The highest BCUT2D eigenvalue weighted by molar-refractivity contribution is 5.80. The summed E-state index contributed by atoms with van der Waals surface area (Å²) in [6.45, 7) is 8.49. The molecule has 8 nitrogen and oxygen atoms in total. The first-order chi connectivity index (χ1) is 17.0. The van der Waals surface area contributed by atoms with E-state index in [1.54, 1.807) is 0 Å². The molecule has 2 aromatic heterocycles. The second-order valence-electron chi connectivity index (χ2n) is 10.4. The average molecular weight is 479 g/mol. The molecule has 35 heavy (non-hydrogen) atoms. The van der Waals surface area contributed by atoms with Crippen LogP contribution in [0.25, 0.3) is 10.9 Å². The van der Waals surface area contributed by atoms with Crippen LogP contribution in [0.1, 0.15) is 86.8 Å². The zero-order valence-corrected chi connectivity index (χ0v) is 21.3. The zero-order valence-electron chi connectivity index (χ0n) is 21.3. The first-order valence-corrected chi connectivity index (χ1v) is 13.3. The highest BCUT2D eigenvalue weighted by Crippen LogP contribution is 2.33. The van der Waals surface area contributed by atoms with Gasteiger partial charge in [0, 0.05) is 30.3 Å². The molecule has 1 aliphatic carbocycles. The molecular weight excluding hydrogens is 440 g/mol. The van der Waals surface area contributed by atoms with Gasteiger partial charge in [0.15, 0.2) is 5.82 Å². The number of tetrazole rings is 1. The summed E-state index contributed by atoms with van der Waals surface area (Å²) in [6.07, 6.45) is 9.23. The summed E-state index contributed by atoms with van der Waals surface area (Å²) in [5.41, 5.74) is 4.13. The maximum Gasteiger partial charge on any atom is 0.252 e. The lowest BCUT2D eigenvalue weighted by atomic mass is 9.92. The zero-order chi connectivity index (χ0) is 24.4. The number of fused-ring (bicyclic) bond motifs is 1. The fraction of sp³-hybridized carbons (Fsp3) is 0.630. The number of nitrogens with zero attached hydrogens (tertiary/aromatic N) is 5. The molecule has 0 spiro atoms. The summed E-state index contributed by atoms with van der Waals surface area (Å²) in [6, 6.07) is 6.79. The molecule has 1 N–H and O–H groups in total. The van der Waals surface area contributed by atoms with Crippen molar-refractivity contribution in [1.82, 2.24) is 30.1 Å². The van der Waals surface area contributed by atoms with Crippen molar-refractivity contribution in [1.29, 1.82) is 0 Å². The maximum atomic E-state index is 13.2. The number of hydrogen-bond acceptors (Lipinski definition) is 6. The summed E-state index contributed by atoms with van der Waals surface area (Å²) in [5, 5.41) is 14.0. The number of aryl methyl sites for hydroxylation is 2. The van der Waals surface area contributed by atoms with Crippen molar-refractivity contribution >= 4 is 10.9 Å². The smallest absolute Gasteiger partial charge is 0.252 e. The van der Waals surface area contributed by atoms with Crippen LogP contribution in [0.2, 0.25) is 0 Å². The SMILES string of the molecule is CC[C@H](c1nnnn1C[C@H]1CCCO1)N(Cc1cc2cc(C)c(C)cc2[nH]c1=O)C1CCCCC1. The minimum atomic E-state index is -0.00429. The quantitative estimate of drug-likeness (QED) is 0.509. The van der Waals surface area contributed by atoms with Crippen LogP contribution >= 0.6 is 0 Å². The van der Waals surface area contributed by atoms with Gasteiger partial charge in [-0.15, -0.1) is 5.10 Å². The van der Waals surface area contributed by atoms with E-state index in [9.17, 15) is 4.79 Å². The van der Waals surface area contributed by atoms with E-state index in [4.69, 9.17) is 4.74 Å². The molecule has 188 valence electrons. The molecule has 1 aromatic carbocycles. The lowest BCUT2D eigenvalue weighted by molar-refractivity contribution is 0.0734. The Hall–Kier alpha value is -2.58. The van der Waals surface area contributed by atoms with Gasteiger partial charge in [0.05, 0.1) is 18.7 Å². The number of aromatic amines is 1. The minimum absolute atomic E-state index is 0.00429. The van der Waals surface area contributed by atoms with Crippen LogP contribution in [0, 0.1) is 13.8 Å². The van der Waals surface area contributed by atoms with Gasteiger partial charge >= 0.3 is 0 Å². The van der Waals surface area contributed by atoms with Crippen molar-refractivity contribution in [3.05, 3.63) is 51.1 Å². The highest BCUT2D eigenvalue weighted by Gasteiger charge is 2.32. The third kappa shape index (κ3) is 5.19. The summed E-state index contributed by atoms with van der Waals surface area (Å²) in [4.78, 5) is 18.8. The number of aromatic nitrogens is 5. The molecule has 2 atom stereocenters. The number of pyridine rings is 1. The third-order valence-electron chi connectivity index (χ3n) is 7.98. The Morgan fingerprint density at radius 3 is 2.66 bits per heavy atom. The Kier molecular flexibility index (Phi) is 7.29. The number of nitrogens with one attached hydrogen (secondary N) is 1. The average Bonchev–Trinajstić information content (AvgIpc) is 3.54. The van der Waals surface area contributed by atoms with Crippen LogP contribution in [0.5, 0.6) is 0 Å². The standard InChI is InChI=1S/C27H38N6O2/c1-4-25(26-29-30-31-33(26)17-23-11-8-12-35-23)32(22-9-6-5-7-10-22)16-21-15-20-13-18(2)19(3)14-24(20)28-27(21)34/h13-15,22-23,25H,4-12,16-17H2,1-3H3,(H,28,34)/t23-,25-/m1/s1. The minimum Gasteiger partial charge on any atom is -0.376 e. The van der Waals surface area contributed by atoms with Gasteiger partial charge in [-0.05, 0) is 91.1 Å². The number of H-pyrrole nitrogens is 1. The van der Waals surface area contributed by atoms with E-state index in [-0.39, 0.29) is 17.7 Å². The van der Waals surface area contributed by atoms with Crippen LogP contribution in [0.4, 0.5) is 0 Å². The summed E-state index contributed by atoms with van der Waals surface area (Å²) in [5.74, 6) is 0.886. The molecule has 0 unspecified atom stereocenters. The van der Waals surface area contributed by atoms with E-state index in [0.717, 1.165) is 61.0 Å². The van der Waals surface area contributed by atoms with E-state index in [2.05, 4.69) is 64.4 Å². The molecule has 0 radical (unpaired) electrons. The maximum absolute atomic E-state index is 13.2. The fourth-order valence-corrected chi connectivity index (χ4v) is 5.87. The van der Waals surface area contributed by atoms with E-state index in [0.29, 0.717) is 19.1 Å². The molecule has 0 amide bonds. The van der Waals surface area contributed by atoms with Crippen LogP contribution < -0.4 is 5.56 Å². The van der Waals surface area contributed by atoms with Crippen molar-refractivity contribution in [2.45, 2.75) is 103 Å². The van der Waals surface area contributed by atoms with Gasteiger partial charge in [0.1, 0.15) is 0 Å². The van der Waals surface area contributed by atoms with Crippen LogP contribution in [0.15, 0.2) is 23.0 Å². The summed E-state index contributed by atoms with van der Waals surface area (Å²) in [7, 11) is 0. The number of rotatable bonds is 8. The summed E-state index contributed by atoms with van der Waals surface area (Å²) >= 11 is 0. The van der Waals surface area contributed by atoms with Gasteiger partial charge in [-0.3, -0.25) is 9.69 Å². The highest BCUT2D eigenvalue weighted by atomic mass is 16.5. The number of hydrogen-bond donors (Lipinski definition) is 1. The van der Waals surface area contributed by atoms with E-state index in [1.165, 1.54) is 30.4 Å². The molecule has 2 fully saturated rings. The van der Waals surface area contributed by atoms with E-state index >= 15 is 0 Å². The second-order valence-corrected chi connectivity index (χ2v) is 10.4. The summed E-state index contributed by atoms with van der Waals surface area (Å²) < 4.78 is 7.81. The van der Waals surface area contributed by atoms with Crippen LogP contribution in [-0.4, -0.2) is 48.8 Å². The van der Waals surface area contributed by atoms with Crippen molar-refractivity contribution in [2.75, 3.05) is 6.61 Å². The van der Waals surface area contributed by atoms with Gasteiger partial charge in [-0.25, -0.2) is 4.68 Å². The number of benzene rings is 1. The fourth-order valence-electron chi connectivity index (χ4n) is 5.87. The van der Waals surface area contributed by atoms with Gasteiger partial charge in [-0.2, -0.15) is 0 Å². The predicted molar refractivity (Wildman–Crippen MR) is 136 cm³/mol. The number of ether oxygens (including phenoxy) is 1. The Bertz CT molecular complexity index is 1210. The van der Waals surface area contributed by atoms with Crippen molar-refractivity contribution < 1.29 is 4.74 Å². The van der Waals surface area contributed by atoms with Crippen molar-refractivity contribution in [2.24, 2.45) is 0 Å². The Morgan fingerprint density at radius 1 is 1.11 bits per heavy atom. The molecule has 1 saturated carbocycles. The van der Waals surface area contributed by atoms with Gasteiger partial charge in [-0.1, -0.05) is 26.2 Å². The first kappa shape index (κ1) is 24.1. The molecule has 3 heterocycles. The van der Waals surface area contributed by atoms with Crippen LogP contribution in [0.3, 0.4) is 0 Å². The van der Waals surface area contributed by atoms with Crippen molar-refractivity contribution in [3.8, 4) is 0 Å². The van der Waals surface area contributed by atoms with Gasteiger partial charge in [0.25, 0.3) is 5.56 Å². The Balaban J connectivity index is 1.49. The van der Waals surface area contributed by atoms with E-state index in [1.807, 2.05) is 4.68 Å². The molecule has 0 bridgehead atoms. The third-order valence-corrected chi connectivity index (χ3v) is 7.98. The largest absolute Gasteiger partial charge is 0.376 e. The first-order valence-electron chi connectivity index (χ1n) is 13.3. The predicted octanol–water partition coefficient (Wildman–Crippen LogP) is 4.60. The van der Waals surface area contributed by atoms with Gasteiger partial charge in [0.2, 0.25) is 0 Å². The monoisotopic (exact) mass is 478 g/mol. The van der Waals surface area contributed by atoms with E-state index < -0.39 is 0 Å². The molecule has 2 aliphatic rings. The molecule has 5 rings (SSSR count). The Labute approximate surface area is 207 Å². The normalized spacial score (nSPS) is 20.2. The molecular formula is C27H38N6O2. The molecule has 8 heteroatoms. The topological polar surface area (TPSA) is 88.9 Å². The lowest BCUT2D eigenvalue weighted by Gasteiger charge is -2.39. The lowest BCUT2D eigenvalue weighted by Crippen LogP contribution is -2.41.